The molecule has 1 saturated heterocycles. The highest BCUT2D eigenvalue weighted by molar-refractivity contribution is 5.75. The van der Waals surface area contributed by atoms with Crippen LogP contribution in [0.5, 0.6) is 0 Å². The Morgan fingerprint density at radius 1 is 1.24 bits per heavy atom. The van der Waals surface area contributed by atoms with E-state index in [1.807, 2.05) is 11.9 Å². The zero-order chi connectivity index (χ0) is 12.3. The third kappa shape index (κ3) is 2.92. The van der Waals surface area contributed by atoms with Gasteiger partial charge in [-0.3, -0.25) is 0 Å². The maximum absolute atomic E-state index is 12.2. The monoisotopic (exact) mass is 239 g/mol. The molecule has 0 bridgehead atoms. The fraction of sp³-hybridized carbons (Fsp3) is 0.923. The highest BCUT2D eigenvalue weighted by Crippen LogP contribution is 2.27. The van der Waals surface area contributed by atoms with Crippen LogP contribution in [0.2, 0.25) is 0 Å². The summed E-state index contributed by atoms with van der Waals surface area (Å²) < 4.78 is 0. The molecule has 1 atom stereocenters. The van der Waals surface area contributed by atoms with Gasteiger partial charge in [0.15, 0.2) is 0 Å². The number of hydrogen-bond acceptors (Lipinski definition) is 2. The van der Waals surface area contributed by atoms with Gasteiger partial charge in [-0.05, 0) is 31.7 Å². The van der Waals surface area contributed by atoms with E-state index in [4.69, 9.17) is 5.73 Å². The summed E-state index contributed by atoms with van der Waals surface area (Å²) in [7, 11) is 1.92. The minimum Gasteiger partial charge on any atom is -0.330 e. The molecule has 0 aromatic rings. The van der Waals surface area contributed by atoms with Crippen LogP contribution in [-0.4, -0.2) is 48.6 Å². The molecule has 2 fully saturated rings. The van der Waals surface area contributed by atoms with Gasteiger partial charge in [0, 0.05) is 26.2 Å². The number of carbonyl (C=O) groups is 1. The summed E-state index contributed by atoms with van der Waals surface area (Å²) in [6.45, 7) is 2.52. The average molecular weight is 239 g/mol. The van der Waals surface area contributed by atoms with E-state index >= 15 is 0 Å². The van der Waals surface area contributed by atoms with Crippen molar-refractivity contribution in [2.75, 3.05) is 26.7 Å². The van der Waals surface area contributed by atoms with Crippen LogP contribution in [0.15, 0.2) is 0 Å². The van der Waals surface area contributed by atoms with Crippen molar-refractivity contribution in [1.82, 2.24) is 9.80 Å². The highest BCUT2D eigenvalue weighted by atomic mass is 16.2. The molecular formula is C13H25N3O. The molecule has 0 aromatic heterocycles. The van der Waals surface area contributed by atoms with Gasteiger partial charge in [0.1, 0.15) is 0 Å². The smallest absolute Gasteiger partial charge is 0.320 e. The first-order valence-electron chi connectivity index (χ1n) is 6.94. The Balaban J connectivity index is 1.99. The van der Waals surface area contributed by atoms with Gasteiger partial charge in [-0.1, -0.05) is 19.3 Å². The Kier molecular flexibility index (Phi) is 4.26. The largest absolute Gasteiger partial charge is 0.330 e. The van der Waals surface area contributed by atoms with Crippen LogP contribution in [0.25, 0.3) is 0 Å². The van der Waals surface area contributed by atoms with Crippen LogP contribution in [-0.2, 0) is 0 Å². The quantitative estimate of drug-likeness (QED) is 0.814. The number of rotatable bonds is 3. The second-order valence-electron chi connectivity index (χ2n) is 5.55. The zero-order valence-corrected chi connectivity index (χ0v) is 10.9. The van der Waals surface area contributed by atoms with Crippen molar-refractivity contribution >= 4 is 6.03 Å². The number of nitrogens with zero attached hydrogens (tertiary/aromatic N) is 2. The van der Waals surface area contributed by atoms with Crippen LogP contribution in [0.4, 0.5) is 4.79 Å². The molecule has 1 heterocycles. The summed E-state index contributed by atoms with van der Waals surface area (Å²) in [6, 6.07) is 0.712. The Bertz CT molecular complexity index is 263. The molecule has 1 aliphatic carbocycles. The first-order chi connectivity index (χ1) is 8.22. The van der Waals surface area contributed by atoms with Gasteiger partial charge < -0.3 is 15.5 Å². The molecule has 98 valence electrons. The van der Waals surface area contributed by atoms with E-state index < -0.39 is 0 Å². The maximum Gasteiger partial charge on any atom is 0.320 e. The van der Waals surface area contributed by atoms with Crippen molar-refractivity contribution in [3.05, 3.63) is 0 Å². The van der Waals surface area contributed by atoms with Crippen molar-refractivity contribution in [2.24, 2.45) is 11.7 Å². The van der Waals surface area contributed by atoms with Crippen LogP contribution in [0.3, 0.4) is 0 Å². The topological polar surface area (TPSA) is 49.6 Å². The number of carbonyl (C=O) groups excluding carboxylic acids is 1. The van der Waals surface area contributed by atoms with E-state index in [1.165, 1.54) is 32.1 Å². The molecule has 2 aliphatic rings. The van der Waals surface area contributed by atoms with Gasteiger partial charge in [-0.15, -0.1) is 0 Å². The van der Waals surface area contributed by atoms with Crippen molar-refractivity contribution in [1.29, 1.82) is 0 Å². The molecule has 0 spiro atoms. The first-order valence-corrected chi connectivity index (χ1v) is 6.94. The average Bonchev–Trinajstić information content (AvgIpc) is 2.35. The van der Waals surface area contributed by atoms with Crippen molar-refractivity contribution in [3.63, 3.8) is 0 Å². The van der Waals surface area contributed by atoms with Gasteiger partial charge >= 0.3 is 6.03 Å². The SMILES string of the molecule is CN1CC(CCN)CN(C2CCCCC2)C1=O. The van der Waals surface area contributed by atoms with Gasteiger partial charge in [0.05, 0.1) is 0 Å². The Labute approximate surface area is 104 Å². The lowest BCUT2D eigenvalue weighted by Gasteiger charge is -2.43. The molecule has 0 aromatic carbocycles. The van der Waals surface area contributed by atoms with E-state index in [9.17, 15) is 4.79 Å². The predicted molar refractivity (Wildman–Crippen MR) is 68.8 cm³/mol. The number of amides is 2. The van der Waals surface area contributed by atoms with Gasteiger partial charge in [-0.2, -0.15) is 0 Å². The molecular weight excluding hydrogens is 214 g/mol. The molecule has 1 saturated carbocycles. The summed E-state index contributed by atoms with van der Waals surface area (Å²) in [4.78, 5) is 16.2. The van der Waals surface area contributed by atoms with Gasteiger partial charge in [0.2, 0.25) is 0 Å². The Morgan fingerprint density at radius 3 is 2.59 bits per heavy atom. The second kappa shape index (κ2) is 5.71. The summed E-state index contributed by atoms with van der Waals surface area (Å²) in [6.07, 6.45) is 7.30. The molecule has 1 unspecified atom stereocenters. The van der Waals surface area contributed by atoms with Crippen LogP contribution >= 0.6 is 0 Å². The predicted octanol–water partition coefficient (Wildman–Crippen LogP) is 1.65. The minimum absolute atomic E-state index is 0.227. The van der Waals surface area contributed by atoms with E-state index in [0.717, 1.165) is 26.1 Å². The highest BCUT2D eigenvalue weighted by Gasteiger charge is 2.34. The van der Waals surface area contributed by atoms with Crippen LogP contribution < -0.4 is 5.73 Å². The molecule has 2 N–H and O–H groups in total. The standard InChI is InChI=1S/C13H25N3O/c1-15-9-11(7-8-14)10-16(13(15)17)12-5-3-2-4-6-12/h11-12H,2-10,14H2,1H3. The zero-order valence-electron chi connectivity index (χ0n) is 10.9. The van der Waals surface area contributed by atoms with Crippen molar-refractivity contribution in [3.8, 4) is 0 Å². The number of hydrogen-bond donors (Lipinski definition) is 1. The van der Waals surface area contributed by atoms with Crippen LogP contribution in [0.1, 0.15) is 38.5 Å². The molecule has 1 aliphatic heterocycles. The molecule has 2 rings (SSSR count). The van der Waals surface area contributed by atoms with E-state index in [0.29, 0.717) is 12.0 Å². The Hall–Kier alpha value is -0.770. The normalized spacial score (nSPS) is 27.6. The fourth-order valence-electron chi connectivity index (χ4n) is 3.21. The van der Waals surface area contributed by atoms with Crippen LogP contribution in [0, 0.1) is 5.92 Å². The van der Waals surface area contributed by atoms with E-state index in [2.05, 4.69) is 4.90 Å². The van der Waals surface area contributed by atoms with Crippen molar-refractivity contribution < 1.29 is 4.79 Å². The summed E-state index contributed by atoms with van der Waals surface area (Å²) in [5, 5.41) is 0. The maximum atomic E-state index is 12.2. The number of nitrogens with two attached hydrogens (primary N) is 1. The third-order valence-electron chi connectivity index (χ3n) is 4.15. The lowest BCUT2D eigenvalue weighted by atomic mass is 9.92. The molecule has 4 nitrogen and oxygen atoms in total. The van der Waals surface area contributed by atoms with Gasteiger partial charge in [-0.25, -0.2) is 4.79 Å². The lowest BCUT2D eigenvalue weighted by Crippen LogP contribution is -2.56. The summed E-state index contributed by atoms with van der Waals surface area (Å²) in [5.41, 5.74) is 5.64. The second-order valence-corrected chi connectivity index (χ2v) is 5.55. The molecule has 2 amide bonds. The van der Waals surface area contributed by atoms with E-state index in [1.54, 1.807) is 0 Å². The van der Waals surface area contributed by atoms with Gasteiger partial charge in [0.25, 0.3) is 0 Å². The minimum atomic E-state index is 0.227. The molecule has 4 heteroatoms. The number of urea groups is 1. The third-order valence-corrected chi connectivity index (χ3v) is 4.15. The molecule has 0 radical (unpaired) electrons. The van der Waals surface area contributed by atoms with E-state index in [-0.39, 0.29) is 6.03 Å². The fourth-order valence-corrected chi connectivity index (χ4v) is 3.21. The Morgan fingerprint density at radius 2 is 1.94 bits per heavy atom. The van der Waals surface area contributed by atoms with Crippen molar-refractivity contribution in [2.45, 2.75) is 44.6 Å². The molecule has 17 heavy (non-hydrogen) atoms. The lowest BCUT2D eigenvalue weighted by molar-refractivity contribution is 0.0787. The summed E-state index contributed by atoms with van der Waals surface area (Å²) in [5.74, 6) is 0.560. The summed E-state index contributed by atoms with van der Waals surface area (Å²) >= 11 is 0. The first kappa shape index (κ1) is 12.7.